The van der Waals surface area contributed by atoms with Crippen molar-refractivity contribution < 1.29 is 37.0 Å². The van der Waals surface area contributed by atoms with E-state index in [0.717, 1.165) is 13.2 Å². The van der Waals surface area contributed by atoms with Crippen molar-refractivity contribution in [1.29, 1.82) is 0 Å². The average molecular weight is 388 g/mol. The molecule has 0 spiro atoms. The van der Waals surface area contributed by atoms with Gasteiger partial charge in [0.25, 0.3) is 0 Å². The van der Waals surface area contributed by atoms with E-state index in [4.69, 9.17) is 0 Å². The molecule has 1 aliphatic heterocycles. The molecule has 1 fully saturated rings. The quantitative estimate of drug-likeness (QED) is 0.546. The molecule has 0 aliphatic carbocycles. The molecule has 27 heavy (non-hydrogen) atoms. The number of halogens is 3. The summed E-state index contributed by atoms with van der Waals surface area (Å²) in [6.45, 7) is 1.94. The van der Waals surface area contributed by atoms with E-state index in [1.165, 1.54) is 17.0 Å². The lowest BCUT2D eigenvalue weighted by Crippen LogP contribution is -2.60. The zero-order valence-corrected chi connectivity index (χ0v) is 14.7. The number of piperazine rings is 1. The predicted octanol–water partition coefficient (Wildman–Crippen LogP) is 1.75. The Morgan fingerprint density at radius 3 is 2.67 bits per heavy atom. The number of rotatable bonds is 6. The Morgan fingerprint density at radius 2 is 2.07 bits per heavy atom. The SMILES string of the molecule is COC(=O)C(CC=O)N1CCN(c2cccc(OC(F)(F)F)c2)C(C)C1=O. The molecule has 1 aromatic carbocycles. The number of hydrogen-bond acceptors (Lipinski definition) is 6. The zero-order valence-electron chi connectivity index (χ0n) is 14.7. The molecule has 1 aromatic rings. The van der Waals surface area contributed by atoms with E-state index >= 15 is 0 Å². The fraction of sp³-hybridized carbons (Fsp3) is 0.471. The number of ether oxygens (including phenoxy) is 2. The van der Waals surface area contributed by atoms with Crippen molar-refractivity contribution in [2.45, 2.75) is 31.8 Å². The van der Waals surface area contributed by atoms with Crippen LogP contribution in [0.1, 0.15) is 13.3 Å². The van der Waals surface area contributed by atoms with Gasteiger partial charge in [0.05, 0.1) is 7.11 Å². The van der Waals surface area contributed by atoms with Gasteiger partial charge in [-0.3, -0.25) is 4.79 Å². The number of methoxy groups -OCH3 is 1. The van der Waals surface area contributed by atoms with Gasteiger partial charge in [-0.05, 0) is 19.1 Å². The van der Waals surface area contributed by atoms with Gasteiger partial charge in [-0.15, -0.1) is 13.2 Å². The summed E-state index contributed by atoms with van der Waals surface area (Å²) < 4.78 is 45.8. The predicted molar refractivity (Wildman–Crippen MR) is 88.1 cm³/mol. The summed E-state index contributed by atoms with van der Waals surface area (Å²) in [5, 5.41) is 0. The highest BCUT2D eigenvalue weighted by Gasteiger charge is 2.39. The van der Waals surface area contributed by atoms with Crippen molar-refractivity contribution in [3.8, 4) is 5.75 Å². The van der Waals surface area contributed by atoms with Crippen LogP contribution < -0.4 is 9.64 Å². The standard InChI is InChI=1S/C17H19F3N2O5/c1-11-15(24)22(14(6-9-23)16(25)26-2)8-7-21(11)12-4-3-5-13(10-12)27-17(18,19)20/h3-5,9-11,14H,6-8H2,1-2H3. The molecule has 10 heteroatoms. The largest absolute Gasteiger partial charge is 0.573 e. The Hall–Kier alpha value is -2.78. The fourth-order valence-corrected chi connectivity index (χ4v) is 2.99. The lowest BCUT2D eigenvalue weighted by atomic mass is 10.1. The van der Waals surface area contributed by atoms with Crippen LogP contribution in [0.15, 0.2) is 24.3 Å². The van der Waals surface area contributed by atoms with Crippen LogP contribution in [0.4, 0.5) is 18.9 Å². The second-order valence-electron chi connectivity index (χ2n) is 5.89. The Bertz CT molecular complexity index is 710. The van der Waals surface area contributed by atoms with Crippen molar-refractivity contribution in [2.75, 3.05) is 25.1 Å². The van der Waals surface area contributed by atoms with Gasteiger partial charge in [-0.2, -0.15) is 0 Å². The molecule has 2 atom stereocenters. The van der Waals surface area contributed by atoms with Gasteiger partial charge in [-0.25, -0.2) is 4.79 Å². The molecule has 2 unspecified atom stereocenters. The van der Waals surface area contributed by atoms with Crippen LogP contribution in [-0.2, 0) is 19.1 Å². The number of nitrogens with zero attached hydrogens (tertiary/aromatic N) is 2. The molecule has 7 nitrogen and oxygen atoms in total. The number of alkyl halides is 3. The third kappa shape index (κ3) is 4.89. The molecule has 0 aromatic heterocycles. The average Bonchev–Trinajstić information content (AvgIpc) is 2.60. The fourth-order valence-electron chi connectivity index (χ4n) is 2.99. The number of hydrogen-bond donors (Lipinski definition) is 0. The van der Waals surface area contributed by atoms with Crippen LogP contribution in [0.2, 0.25) is 0 Å². The Kier molecular flexibility index (Phi) is 6.29. The van der Waals surface area contributed by atoms with E-state index in [1.54, 1.807) is 17.9 Å². The van der Waals surface area contributed by atoms with Crippen molar-refractivity contribution in [3.63, 3.8) is 0 Å². The van der Waals surface area contributed by atoms with Crippen molar-refractivity contribution in [2.24, 2.45) is 0 Å². The van der Waals surface area contributed by atoms with Crippen LogP contribution in [0.5, 0.6) is 5.75 Å². The first-order valence-corrected chi connectivity index (χ1v) is 8.12. The van der Waals surface area contributed by atoms with Crippen LogP contribution in [-0.4, -0.2) is 61.7 Å². The van der Waals surface area contributed by atoms with Crippen LogP contribution in [0.25, 0.3) is 0 Å². The first kappa shape index (κ1) is 20.5. The third-order valence-electron chi connectivity index (χ3n) is 4.24. The number of carbonyl (C=O) groups is 3. The highest BCUT2D eigenvalue weighted by molar-refractivity contribution is 5.91. The lowest BCUT2D eigenvalue weighted by Gasteiger charge is -2.42. The maximum atomic E-state index is 12.7. The molecule has 0 saturated carbocycles. The number of amides is 1. The Balaban J connectivity index is 2.20. The summed E-state index contributed by atoms with van der Waals surface area (Å²) in [6, 6.07) is 3.53. The van der Waals surface area contributed by atoms with Crippen molar-refractivity contribution >= 4 is 23.9 Å². The van der Waals surface area contributed by atoms with E-state index < -0.39 is 36.1 Å². The van der Waals surface area contributed by atoms with Crippen LogP contribution in [0.3, 0.4) is 0 Å². The summed E-state index contributed by atoms with van der Waals surface area (Å²) in [4.78, 5) is 38.3. The second kappa shape index (κ2) is 8.28. The van der Waals surface area contributed by atoms with E-state index in [1.807, 2.05) is 0 Å². The molecule has 1 amide bonds. The number of esters is 1. The Morgan fingerprint density at radius 1 is 1.37 bits per heavy atom. The maximum Gasteiger partial charge on any atom is 0.573 e. The number of carbonyl (C=O) groups excluding carboxylic acids is 3. The van der Waals surface area contributed by atoms with Gasteiger partial charge in [0.2, 0.25) is 5.91 Å². The molecular formula is C17H19F3N2O5. The van der Waals surface area contributed by atoms with Gasteiger partial charge >= 0.3 is 12.3 Å². The molecule has 1 saturated heterocycles. The third-order valence-corrected chi connectivity index (χ3v) is 4.24. The molecule has 0 radical (unpaired) electrons. The molecule has 2 rings (SSSR count). The van der Waals surface area contributed by atoms with Gasteiger partial charge in [-0.1, -0.05) is 6.07 Å². The first-order valence-electron chi connectivity index (χ1n) is 8.12. The summed E-state index contributed by atoms with van der Waals surface area (Å²) >= 11 is 0. The van der Waals surface area contributed by atoms with Crippen molar-refractivity contribution in [1.82, 2.24) is 4.90 Å². The monoisotopic (exact) mass is 388 g/mol. The van der Waals surface area contributed by atoms with Gasteiger partial charge in [0.15, 0.2) is 0 Å². The summed E-state index contributed by atoms with van der Waals surface area (Å²) in [6.07, 6.45) is -4.48. The summed E-state index contributed by atoms with van der Waals surface area (Å²) in [7, 11) is 1.16. The minimum absolute atomic E-state index is 0.112. The number of aldehydes is 1. The molecule has 148 valence electrons. The van der Waals surface area contributed by atoms with Gasteiger partial charge < -0.3 is 24.1 Å². The smallest absolute Gasteiger partial charge is 0.467 e. The minimum atomic E-state index is -4.82. The lowest BCUT2D eigenvalue weighted by molar-refractivity contribution is -0.274. The number of benzene rings is 1. The van der Waals surface area contributed by atoms with E-state index in [-0.39, 0.29) is 19.5 Å². The van der Waals surface area contributed by atoms with E-state index in [9.17, 15) is 27.6 Å². The van der Waals surface area contributed by atoms with Gasteiger partial charge in [0.1, 0.15) is 24.1 Å². The van der Waals surface area contributed by atoms with Gasteiger partial charge in [0, 0.05) is 31.3 Å². The first-order chi connectivity index (χ1) is 12.7. The van der Waals surface area contributed by atoms with E-state index in [0.29, 0.717) is 12.0 Å². The Labute approximate surface area is 153 Å². The minimum Gasteiger partial charge on any atom is -0.467 e. The molecule has 1 aliphatic rings. The zero-order chi connectivity index (χ0) is 20.2. The summed E-state index contributed by atoms with van der Waals surface area (Å²) in [5.41, 5.74) is 0.377. The highest BCUT2D eigenvalue weighted by atomic mass is 19.4. The molecule has 1 heterocycles. The van der Waals surface area contributed by atoms with Crippen LogP contribution in [0, 0.1) is 0 Å². The molecule has 0 N–H and O–H groups in total. The molecule has 0 bridgehead atoms. The normalized spacial score (nSPS) is 18.9. The molecular weight excluding hydrogens is 369 g/mol. The summed E-state index contributed by atoms with van der Waals surface area (Å²) in [5.74, 6) is -1.52. The van der Waals surface area contributed by atoms with E-state index in [2.05, 4.69) is 9.47 Å². The highest BCUT2D eigenvalue weighted by Crippen LogP contribution is 2.29. The topological polar surface area (TPSA) is 76.2 Å². The van der Waals surface area contributed by atoms with Crippen molar-refractivity contribution in [3.05, 3.63) is 24.3 Å². The van der Waals surface area contributed by atoms with Crippen LogP contribution >= 0.6 is 0 Å². The maximum absolute atomic E-state index is 12.7. The number of anilines is 1. The second-order valence-corrected chi connectivity index (χ2v) is 5.89.